The van der Waals surface area contributed by atoms with Gasteiger partial charge in [-0.25, -0.2) is 4.79 Å². The molecule has 0 aliphatic carbocycles. The molecular weight excluding hydrogens is 384 g/mol. The van der Waals surface area contributed by atoms with E-state index in [9.17, 15) is 19.2 Å². The maximum Gasteiger partial charge on any atom is 0.338 e. The number of ether oxygens (including phenoxy) is 1. The van der Waals surface area contributed by atoms with Crippen molar-refractivity contribution in [2.24, 2.45) is 0 Å². The van der Waals surface area contributed by atoms with Gasteiger partial charge in [-0.3, -0.25) is 19.3 Å². The van der Waals surface area contributed by atoms with Crippen LogP contribution in [0.4, 0.5) is 5.69 Å². The third-order valence-electron chi connectivity index (χ3n) is 5.19. The van der Waals surface area contributed by atoms with Gasteiger partial charge in [-0.05, 0) is 62.6 Å². The Hall–Kier alpha value is -3.48. The van der Waals surface area contributed by atoms with E-state index in [1.807, 2.05) is 39.0 Å². The lowest BCUT2D eigenvalue weighted by molar-refractivity contribution is -0.119. The van der Waals surface area contributed by atoms with Crippen molar-refractivity contribution in [2.45, 2.75) is 40.2 Å². The van der Waals surface area contributed by atoms with Crippen LogP contribution in [0.3, 0.4) is 0 Å². The van der Waals surface area contributed by atoms with Crippen LogP contribution in [0.5, 0.6) is 0 Å². The SMILES string of the molecule is CC[C@H](C)N1C(=O)c2ccc(C(=O)OCC(=O)Nc3cc(C)ccc3C)cc2C1=O. The molecule has 1 aliphatic rings. The smallest absolute Gasteiger partial charge is 0.338 e. The number of anilines is 1. The minimum Gasteiger partial charge on any atom is -0.452 e. The Morgan fingerprint density at radius 3 is 2.43 bits per heavy atom. The number of rotatable bonds is 6. The third-order valence-corrected chi connectivity index (χ3v) is 5.19. The van der Waals surface area contributed by atoms with E-state index in [-0.39, 0.29) is 28.6 Å². The Morgan fingerprint density at radius 1 is 1.03 bits per heavy atom. The van der Waals surface area contributed by atoms with Crippen molar-refractivity contribution in [3.8, 4) is 0 Å². The van der Waals surface area contributed by atoms with Crippen molar-refractivity contribution in [2.75, 3.05) is 11.9 Å². The molecule has 0 spiro atoms. The molecule has 1 N–H and O–H groups in total. The van der Waals surface area contributed by atoms with Gasteiger partial charge in [0, 0.05) is 11.7 Å². The Bertz CT molecular complexity index is 1040. The average Bonchev–Trinajstić information content (AvgIpc) is 2.98. The van der Waals surface area contributed by atoms with Gasteiger partial charge in [0.15, 0.2) is 6.61 Å². The van der Waals surface area contributed by atoms with Crippen molar-refractivity contribution >= 4 is 29.4 Å². The highest BCUT2D eigenvalue weighted by Crippen LogP contribution is 2.27. The molecule has 30 heavy (non-hydrogen) atoms. The first kappa shape index (κ1) is 21.2. The first-order chi connectivity index (χ1) is 14.2. The molecular formula is C23H24N2O5. The topological polar surface area (TPSA) is 92.8 Å². The number of fused-ring (bicyclic) bond motifs is 1. The predicted molar refractivity (Wildman–Crippen MR) is 112 cm³/mol. The van der Waals surface area contributed by atoms with Crippen LogP contribution < -0.4 is 5.32 Å². The minimum atomic E-state index is -0.740. The van der Waals surface area contributed by atoms with Gasteiger partial charge in [0.2, 0.25) is 0 Å². The summed E-state index contributed by atoms with van der Waals surface area (Å²) in [6.45, 7) is 7.00. The highest BCUT2D eigenvalue weighted by molar-refractivity contribution is 6.22. The fraction of sp³-hybridized carbons (Fsp3) is 0.304. The molecule has 2 aromatic rings. The van der Waals surface area contributed by atoms with Crippen LogP contribution in [0.1, 0.15) is 62.5 Å². The Balaban J connectivity index is 1.67. The maximum atomic E-state index is 12.6. The number of nitrogens with zero attached hydrogens (tertiary/aromatic N) is 1. The zero-order valence-electron chi connectivity index (χ0n) is 17.4. The molecule has 7 nitrogen and oxygen atoms in total. The fourth-order valence-corrected chi connectivity index (χ4v) is 3.24. The van der Waals surface area contributed by atoms with Gasteiger partial charge < -0.3 is 10.1 Å². The second-order valence-corrected chi connectivity index (χ2v) is 7.44. The van der Waals surface area contributed by atoms with Crippen molar-refractivity contribution in [1.29, 1.82) is 0 Å². The molecule has 3 amide bonds. The van der Waals surface area contributed by atoms with E-state index in [0.29, 0.717) is 12.1 Å². The van der Waals surface area contributed by atoms with Crippen molar-refractivity contribution in [1.82, 2.24) is 4.90 Å². The summed E-state index contributed by atoms with van der Waals surface area (Å²) in [5, 5.41) is 2.72. The summed E-state index contributed by atoms with van der Waals surface area (Å²) in [7, 11) is 0. The maximum absolute atomic E-state index is 12.6. The molecule has 1 aliphatic heterocycles. The Kier molecular flexibility index (Phi) is 6.01. The van der Waals surface area contributed by atoms with Crippen molar-refractivity contribution in [3.05, 3.63) is 64.2 Å². The third kappa shape index (κ3) is 4.10. The fourth-order valence-electron chi connectivity index (χ4n) is 3.24. The highest BCUT2D eigenvalue weighted by Gasteiger charge is 2.38. The van der Waals surface area contributed by atoms with Gasteiger partial charge in [0.25, 0.3) is 17.7 Å². The highest BCUT2D eigenvalue weighted by atomic mass is 16.5. The number of benzene rings is 2. The van der Waals surface area contributed by atoms with E-state index < -0.39 is 24.4 Å². The van der Waals surface area contributed by atoms with Gasteiger partial charge in [-0.15, -0.1) is 0 Å². The van der Waals surface area contributed by atoms with Crippen LogP contribution in [0.25, 0.3) is 0 Å². The van der Waals surface area contributed by atoms with Gasteiger partial charge >= 0.3 is 5.97 Å². The van der Waals surface area contributed by atoms with Crippen molar-refractivity contribution < 1.29 is 23.9 Å². The number of hydrogen-bond donors (Lipinski definition) is 1. The molecule has 156 valence electrons. The van der Waals surface area contributed by atoms with E-state index in [0.717, 1.165) is 11.1 Å². The Labute approximate surface area is 175 Å². The normalized spacial score (nSPS) is 13.8. The largest absolute Gasteiger partial charge is 0.452 e. The molecule has 2 aromatic carbocycles. The first-order valence-corrected chi connectivity index (χ1v) is 9.79. The summed E-state index contributed by atoms with van der Waals surface area (Å²) in [6.07, 6.45) is 0.635. The molecule has 0 fully saturated rings. The second kappa shape index (κ2) is 8.49. The lowest BCUT2D eigenvalue weighted by atomic mass is 10.1. The summed E-state index contributed by atoms with van der Waals surface area (Å²) in [4.78, 5) is 50.8. The molecule has 0 saturated carbocycles. The van der Waals surface area contributed by atoms with Gasteiger partial charge in [-0.2, -0.15) is 0 Å². The monoisotopic (exact) mass is 408 g/mol. The second-order valence-electron chi connectivity index (χ2n) is 7.44. The Morgan fingerprint density at radius 2 is 1.73 bits per heavy atom. The quantitative estimate of drug-likeness (QED) is 0.583. The number of imide groups is 1. The first-order valence-electron chi connectivity index (χ1n) is 9.79. The van der Waals surface area contributed by atoms with Crippen LogP contribution in [0.2, 0.25) is 0 Å². The summed E-state index contributed by atoms with van der Waals surface area (Å²) in [6, 6.07) is 9.65. The standard InChI is InChI=1S/C23H24N2O5/c1-5-15(4)25-21(27)17-9-8-16(11-18(17)22(25)28)23(29)30-12-20(26)24-19-10-13(2)6-7-14(19)3/h6-11,15H,5,12H2,1-4H3,(H,24,26)/t15-/m0/s1. The zero-order chi connectivity index (χ0) is 22.0. The molecule has 0 saturated heterocycles. The van der Waals surface area contributed by atoms with Gasteiger partial charge in [0.1, 0.15) is 0 Å². The van der Waals surface area contributed by atoms with Crippen LogP contribution in [0, 0.1) is 13.8 Å². The molecule has 0 aromatic heterocycles. The summed E-state index contributed by atoms with van der Waals surface area (Å²) >= 11 is 0. The number of carbonyl (C=O) groups excluding carboxylic acids is 4. The van der Waals surface area contributed by atoms with E-state index in [4.69, 9.17) is 4.74 Å². The van der Waals surface area contributed by atoms with Crippen LogP contribution in [-0.4, -0.2) is 41.2 Å². The average molecular weight is 408 g/mol. The summed E-state index contributed by atoms with van der Waals surface area (Å²) in [5.74, 6) is -1.99. The number of nitrogens with one attached hydrogen (secondary N) is 1. The molecule has 1 atom stereocenters. The van der Waals surface area contributed by atoms with Crippen LogP contribution >= 0.6 is 0 Å². The predicted octanol–water partition coefficient (Wildman–Crippen LogP) is 3.49. The summed E-state index contributed by atoms with van der Waals surface area (Å²) in [5.41, 5.74) is 3.10. The van der Waals surface area contributed by atoms with E-state index in [1.165, 1.54) is 23.1 Å². The molecule has 0 unspecified atom stereocenters. The lowest BCUT2D eigenvalue weighted by Crippen LogP contribution is -2.37. The molecule has 0 radical (unpaired) electrons. The summed E-state index contributed by atoms with van der Waals surface area (Å²) < 4.78 is 5.09. The van der Waals surface area contributed by atoms with Crippen LogP contribution in [-0.2, 0) is 9.53 Å². The molecule has 7 heteroatoms. The number of carbonyl (C=O) groups is 4. The molecule has 0 bridgehead atoms. The van der Waals surface area contributed by atoms with Gasteiger partial charge in [0.05, 0.1) is 16.7 Å². The number of aryl methyl sites for hydroxylation is 2. The molecule has 1 heterocycles. The minimum absolute atomic E-state index is 0.112. The lowest BCUT2D eigenvalue weighted by Gasteiger charge is -2.20. The number of amides is 3. The zero-order valence-corrected chi connectivity index (χ0v) is 17.4. The van der Waals surface area contributed by atoms with Crippen LogP contribution in [0.15, 0.2) is 36.4 Å². The van der Waals surface area contributed by atoms with E-state index in [2.05, 4.69) is 5.32 Å². The molecule has 3 rings (SSSR count). The van der Waals surface area contributed by atoms with Gasteiger partial charge in [-0.1, -0.05) is 19.1 Å². The van der Waals surface area contributed by atoms with E-state index >= 15 is 0 Å². The van der Waals surface area contributed by atoms with E-state index in [1.54, 1.807) is 6.92 Å². The number of hydrogen-bond acceptors (Lipinski definition) is 5. The number of esters is 1. The van der Waals surface area contributed by atoms with Crippen molar-refractivity contribution in [3.63, 3.8) is 0 Å².